The summed E-state index contributed by atoms with van der Waals surface area (Å²) >= 11 is 0. The quantitative estimate of drug-likeness (QED) is 0.0374. The summed E-state index contributed by atoms with van der Waals surface area (Å²) in [7, 11) is 0. The summed E-state index contributed by atoms with van der Waals surface area (Å²) in [4.78, 5) is 24.5. The maximum Gasteiger partial charge on any atom is 0.306 e. The molecule has 372 valence electrons. The number of esters is 2. The van der Waals surface area contributed by atoms with Crippen LogP contribution >= 0.6 is 0 Å². The number of aliphatic hydroxyl groups is 1. The SMILES string of the molecule is CC/C=C\C/C=C\C/C=C\C/C=C\C/C=C\C/C=C\C/C=C\C/C=C\CCCCCCC(=O)OC(CO)COC(=O)CCCCCCCCCC/C=C\C/C=C\C/C=C\CCCCCCC. The van der Waals surface area contributed by atoms with Crippen LogP contribution in [0.25, 0.3) is 0 Å². The van der Waals surface area contributed by atoms with E-state index in [2.05, 4.69) is 148 Å². The molecule has 0 aromatic heterocycles. The Hall–Kier alpha value is -3.96. The summed E-state index contributed by atoms with van der Waals surface area (Å²) < 4.78 is 10.7. The fourth-order valence-corrected chi connectivity index (χ4v) is 6.93. The first kappa shape index (κ1) is 62.0. The van der Waals surface area contributed by atoms with Gasteiger partial charge in [0.05, 0.1) is 6.61 Å². The van der Waals surface area contributed by atoms with Gasteiger partial charge in [0.2, 0.25) is 0 Å². The monoisotopic (exact) mass is 911 g/mol. The third-order valence-corrected chi connectivity index (χ3v) is 10.9. The van der Waals surface area contributed by atoms with Crippen molar-refractivity contribution in [3.8, 4) is 0 Å². The van der Waals surface area contributed by atoms with E-state index < -0.39 is 6.10 Å². The van der Waals surface area contributed by atoms with Crippen molar-refractivity contribution in [3.05, 3.63) is 134 Å². The number of unbranched alkanes of at least 4 members (excludes halogenated alkanes) is 17. The molecule has 0 aliphatic carbocycles. The van der Waals surface area contributed by atoms with Crippen molar-refractivity contribution in [2.75, 3.05) is 13.2 Å². The van der Waals surface area contributed by atoms with Crippen LogP contribution < -0.4 is 0 Å². The predicted octanol–water partition coefficient (Wildman–Crippen LogP) is 18.1. The maximum absolute atomic E-state index is 12.3. The van der Waals surface area contributed by atoms with E-state index in [0.29, 0.717) is 12.8 Å². The Kier molecular flexibility index (Phi) is 52.0. The van der Waals surface area contributed by atoms with Crippen molar-refractivity contribution in [2.45, 2.75) is 225 Å². The van der Waals surface area contributed by atoms with E-state index in [-0.39, 0.29) is 25.2 Å². The van der Waals surface area contributed by atoms with Crippen LogP contribution in [-0.2, 0) is 19.1 Å². The van der Waals surface area contributed by atoms with E-state index in [1.807, 2.05) is 0 Å². The van der Waals surface area contributed by atoms with Gasteiger partial charge in [-0.05, 0) is 116 Å². The summed E-state index contributed by atoms with van der Waals surface area (Å²) in [6, 6.07) is 0. The molecule has 0 amide bonds. The first-order valence-corrected chi connectivity index (χ1v) is 26.7. The summed E-state index contributed by atoms with van der Waals surface area (Å²) in [5, 5.41) is 9.64. The summed E-state index contributed by atoms with van der Waals surface area (Å²) in [5.74, 6) is -0.637. The third kappa shape index (κ3) is 52.7. The standard InChI is InChI=1S/C61H98O5/c1-3-5-7-9-11-13-15-17-19-21-23-25-27-28-29-30-31-32-34-36-38-40-42-44-46-48-50-52-54-56-61(64)66-59(57-62)58-65-60(63)55-53-51-49-47-45-43-41-39-37-35-33-26-24-22-20-18-16-14-12-10-8-6-4-2/h5,7,11,13,16-19,22-25,28-29,31-33,35-36,38,42,44,59,62H,3-4,6,8-10,12,14-15,20-21,26-27,30,34,37,39-41,43,45-58H2,1-2H3/b7-5-,13-11-,18-16-,19-17-,24-22-,25-23-,29-28-,32-31-,35-33-,38-36-,44-42-. The van der Waals surface area contributed by atoms with E-state index in [1.54, 1.807) is 0 Å². The molecule has 1 unspecified atom stereocenters. The van der Waals surface area contributed by atoms with Crippen molar-refractivity contribution in [1.82, 2.24) is 0 Å². The van der Waals surface area contributed by atoms with E-state index in [4.69, 9.17) is 9.47 Å². The number of carbonyl (C=O) groups is 2. The molecule has 0 bridgehead atoms. The second kappa shape index (κ2) is 55.4. The number of aliphatic hydroxyl groups excluding tert-OH is 1. The molecule has 0 aromatic rings. The number of ether oxygens (including phenoxy) is 2. The van der Waals surface area contributed by atoms with Gasteiger partial charge < -0.3 is 14.6 Å². The summed E-state index contributed by atoms with van der Waals surface area (Å²) in [6.45, 7) is 3.98. The molecule has 0 aliphatic heterocycles. The molecule has 0 rings (SSSR count). The van der Waals surface area contributed by atoms with Crippen LogP contribution in [0.3, 0.4) is 0 Å². The van der Waals surface area contributed by atoms with Crippen LogP contribution in [0.5, 0.6) is 0 Å². The Bertz CT molecular complexity index is 1400. The van der Waals surface area contributed by atoms with Crippen LogP contribution in [0, 0.1) is 0 Å². The zero-order valence-corrected chi connectivity index (χ0v) is 42.4. The lowest BCUT2D eigenvalue weighted by Gasteiger charge is -2.15. The topological polar surface area (TPSA) is 72.8 Å². The highest BCUT2D eigenvalue weighted by Crippen LogP contribution is 2.13. The van der Waals surface area contributed by atoms with Crippen molar-refractivity contribution >= 4 is 11.9 Å². The molecule has 1 atom stereocenters. The molecular formula is C61H98O5. The third-order valence-electron chi connectivity index (χ3n) is 10.9. The van der Waals surface area contributed by atoms with Gasteiger partial charge in [-0.15, -0.1) is 0 Å². The first-order valence-electron chi connectivity index (χ1n) is 26.7. The van der Waals surface area contributed by atoms with Gasteiger partial charge >= 0.3 is 11.9 Å². The molecule has 0 heterocycles. The Labute approximate surface area is 406 Å². The van der Waals surface area contributed by atoms with Gasteiger partial charge in [0.15, 0.2) is 6.10 Å². The average molecular weight is 911 g/mol. The van der Waals surface area contributed by atoms with Crippen LogP contribution in [0.4, 0.5) is 0 Å². The lowest BCUT2D eigenvalue weighted by atomic mass is 10.1. The summed E-state index contributed by atoms with van der Waals surface area (Å²) in [6.07, 6.45) is 82.5. The van der Waals surface area contributed by atoms with E-state index in [0.717, 1.165) is 122 Å². The van der Waals surface area contributed by atoms with Crippen molar-refractivity contribution < 1.29 is 24.2 Å². The molecular weight excluding hydrogens is 813 g/mol. The number of hydrogen-bond acceptors (Lipinski definition) is 5. The molecule has 5 nitrogen and oxygen atoms in total. The van der Waals surface area contributed by atoms with Gasteiger partial charge in [-0.1, -0.05) is 225 Å². The van der Waals surface area contributed by atoms with Crippen LogP contribution in [0.1, 0.15) is 219 Å². The Morgan fingerprint density at radius 2 is 0.652 bits per heavy atom. The largest absolute Gasteiger partial charge is 0.462 e. The Balaban J connectivity index is 3.65. The Morgan fingerprint density at radius 1 is 0.364 bits per heavy atom. The van der Waals surface area contributed by atoms with Crippen LogP contribution in [0.15, 0.2) is 134 Å². The van der Waals surface area contributed by atoms with E-state index >= 15 is 0 Å². The minimum Gasteiger partial charge on any atom is -0.462 e. The minimum atomic E-state index is -0.800. The molecule has 0 aromatic carbocycles. The second-order valence-electron chi connectivity index (χ2n) is 17.2. The van der Waals surface area contributed by atoms with Crippen LogP contribution in [-0.4, -0.2) is 36.4 Å². The lowest BCUT2D eigenvalue weighted by molar-refractivity contribution is -0.161. The highest BCUT2D eigenvalue weighted by Gasteiger charge is 2.16. The zero-order valence-electron chi connectivity index (χ0n) is 42.4. The number of carbonyl (C=O) groups excluding carboxylic acids is 2. The predicted molar refractivity (Wildman–Crippen MR) is 288 cm³/mol. The van der Waals surface area contributed by atoms with Gasteiger partial charge in [0, 0.05) is 12.8 Å². The van der Waals surface area contributed by atoms with Gasteiger partial charge in [0.25, 0.3) is 0 Å². The fraction of sp³-hybridized carbons (Fsp3) is 0.607. The summed E-state index contributed by atoms with van der Waals surface area (Å²) in [5.41, 5.74) is 0. The molecule has 66 heavy (non-hydrogen) atoms. The molecule has 0 spiro atoms. The molecule has 5 heteroatoms. The van der Waals surface area contributed by atoms with Gasteiger partial charge in [-0.3, -0.25) is 9.59 Å². The van der Waals surface area contributed by atoms with E-state index in [9.17, 15) is 14.7 Å². The molecule has 0 radical (unpaired) electrons. The second-order valence-corrected chi connectivity index (χ2v) is 17.2. The van der Waals surface area contributed by atoms with Gasteiger partial charge in [-0.25, -0.2) is 0 Å². The smallest absolute Gasteiger partial charge is 0.306 e. The van der Waals surface area contributed by atoms with Crippen LogP contribution in [0.2, 0.25) is 0 Å². The first-order chi connectivity index (χ1) is 32.6. The highest BCUT2D eigenvalue weighted by molar-refractivity contribution is 5.70. The fourth-order valence-electron chi connectivity index (χ4n) is 6.93. The lowest BCUT2D eigenvalue weighted by Crippen LogP contribution is -2.28. The molecule has 0 saturated carbocycles. The van der Waals surface area contributed by atoms with Crippen molar-refractivity contribution in [1.29, 1.82) is 0 Å². The molecule has 0 fully saturated rings. The normalized spacial score (nSPS) is 13.3. The Morgan fingerprint density at radius 3 is 0.985 bits per heavy atom. The number of rotatable bonds is 47. The van der Waals surface area contributed by atoms with Crippen molar-refractivity contribution in [2.24, 2.45) is 0 Å². The minimum absolute atomic E-state index is 0.0893. The molecule has 0 saturated heterocycles. The highest BCUT2D eigenvalue weighted by atomic mass is 16.6. The average Bonchev–Trinajstić information content (AvgIpc) is 3.32. The molecule has 1 N–H and O–H groups in total. The van der Waals surface area contributed by atoms with E-state index in [1.165, 1.54) is 70.6 Å². The van der Waals surface area contributed by atoms with Gasteiger partial charge in [-0.2, -0.15) is 0 Å². The van der Waals surface area contributed by atoms with Crippen molar-refractivity contribution in [3.63, 3.8) is 0 Å². The molecule has 0 aliphatic rings. The zero-order chi connectivity index (χ0) is 47.7. The maximum atomic E-state index is 12.3. The number of allylic oxidation sites excluding steroid dienone is 22. The number of hydrogen-bond donors (Lipinski definition) is 1. The van der Waals surface area contributed by atoms with Gasteiger partial charge in [0.1, 0.15) is 6.61 Å².